The van der Waals surface area contributed by atoms with Crippen molar-refractivity contribution in [3.8, 4) is 5.75 Å². The SMILES string of the molecule is NC(=O)CNC(=O)[C@@H](N)Cc1ccc(O)cc1.c1ccccc1. The van der Waals surface area contributed by atoms with Gasteiger partial charge >= 0.3 is 0 Å². The molecule has 122 valence electrons. The zero-order valence-electron chi connectivity index (χ0n) is 12.7. The number of phenols is 1. The first-order chi connectivity index (χ1) is 11.0. The molecule has 0 radical (unpaired) electrons. The van der Waals surface area contributed by atoms with E-state index in [2.05, 4.69) is 5.32 Å². The van der Waals surface area contributed by atoms with Crippen LogP contribution >= 0.6 is 0 Å². The number of benzene rings is 2. The molecule has 23 heavy (non-hydrogen) atoms. The molecule has 2 amide bonds. The summed E-state index contributed by atoms with van der Waals surface area (Å²) in [6, 6.07) is 17.6. The summed E-state index contributed by atoms with van der Waals surface area (Å²) in [5.41, 5.74) is 11.4. The monoisotopic (exact) mass is 315 g/mol. The largest absolute Gasteiger partial charge is 0.508 e. The van der Waals surface area contributed by atoms with Crippen LogP contribution in [0.2, 0.25) is 0 Å². The molecule has 0 spiro atoms. The van der Waals surface area contributed by atoms with E-state index in [4.69, 9.17) is 16.6 Å². The van der Waals surface area contributed by atoms with E-state index in [1.165, 1.54) is 12.1 Å². The van der Waals surface area contributed by atoms with E-state index in [-0.39, 0.29) is 12.3 Å². The van der Waals surface area contributed by atoms with Gasteiger partial charge in [-0.15, -0.1) is 0 Å². The summed E-state index contributed by atoms with van der Waals surface area (Å²) in [6.45, 7) is -0.220. The minimum absolute atomic E-state index is 0.153. The predicted octanol–water partition coefficient (Wildman–Crippen LogP) is 0.550. The van der Waals surface area contributed by atoms with Crippen molar-refractivity contribution >= 4 is 11.8 Å². The number of carbonyl (C=O) groups excluding carboxylic acids is 2. The van der Waals surface area contributed by atoms with Crippen molar-refractivity contribution in [1.82, 2.24) is 5.32 Å². The summed E-state index contributed by atoms with van der Waals surface area (Å²) >= 11 is 0. The second-order valence-electron chi connectivity index (χ2n) is 4.82. The molecule has 0 aromatic heterocycles. The molecule has 0 aliphatic rings. The lowest BCUT2D eigenvalue weighted by Crippen LogP contribution is -2.44. The van der Waals surface area contributed by atoms with Crippen LogP contribution in [0.15, 0.2) is 60.7 Å². The maximum Gasteiger partial charge on any atom is 0.237 e. The molecule has 0 aliphatic heterocycles. The second kappa shape index (κ2) is 9.97. The third kappa shape index (κ3) is 8.23. The van der Waals surface area contributed by atoms with E-state index in [0.29, 0.717) is 6.42 Å². The molecule has 0 saturated heterocycles. The summed E-state index contributed by atoms with van der Waals surface area (Å²) in [5, 5.41) is 11.4. The maximum absolute atomic E-state index is 11.4. The Kier molecular flexibility index (Phi) is 7.88. The Balaban J connectivity index is 0.000000366. The molecule has 0 fully saturated rings. The topological polar surface area (TPSA) is 118 Å². The minimum Gasteiger partial charge on any atom is -0.508 e. The molecule has 0 heterocycles. The van der Waals surface area contributed by atoms with Gasteiger partial charge in [0, 0.05) is 0 Å². The Labute approximate surface area is 135 Å². The van der Waals surface area contributed by atoms with E-state index < -0.39 is 17.9 Å². The number of aromatic hydroxyl groups is 1. The van der Waals surface area contributed by atoms with Gasteiger partial charge in [0.05, 0.1) is 12.6 Å². The van der Waals surface area contributed by atoms with Gasteiger partial charge in [-0.3, -0.25) is 9.59 Å². The Morgan fingerprint density at radius 1 is 1.00 bits per heavy atom. The van der Waals surface area contributed by atoms with E-state index in [1.54, 1.807) is 12.1 Å². The van der Waals surface area contributed by atoms with Crippen molar-refractivity contribution in [2.45, 2.75) is 12.5 Å². The lowest BCUT2D eigenvalue weighted by atomic mass is 10.1. The number of phenolic OH excluding ortho intramolecular Hbond substituents is 1. The van der Waals surface area contributed by atoms with Gasteiger partial charge < -0.3 is 21.9 Å². The third-order valence-electron chi connectivity index (χ3n) is 2.83. The quantitative estimate of drug-likeness (QED) is 0.644. The first-order valence-electron chi connectivity index (χ1n) is 7.08. The van der Waals surface area contributed by atoms with Crippen LogP contribution in [0.5, 0.6) is 5.75 Å². The number of nitrogens with one attached hydrogen (secondary N) is 1. The molecule has 6 nitrogen and oxygen atoms in total. The smallest absolute Gasteiger partial charge is 0.237 e. The predicted molar refractivity (Wildman–Crippen MR) is 88.4 cm³/mol. The van der Waals surface area contributed by atoms with Crippen LogP contribution in [0, 0.1) is 0 Å². The molecule has 6 heteroatoms. The second-order valence-corrected chi connectivity index (χ2v) is 4.82. The van der Waals surface area contributed by atoms with Crippen LogP contribution in [0.25, 0.3) is 0 Å². The summed E-state index contributed by atoms with van der Waals surface area (Å²) < 4.78 is 0. The van der Waals surface area contributed by atoms with E-state index >= 15 is 0 Å². The molecule has 2 aromatic rings. The van der Waals surface area contributed by atoms with Gasteiger partial charge in [0.2, 0.25) is 11.8 Å². The van der Waals surface area contributed by atoms with Gasteiger partial charge in [-0.2, -0.15) is 0 Å². The molecule has 0 aliphatic carbocycles. The fraction of sp³-hybridized carbons (Fsp3) is 0.176. The van der Waals surface area contributed by atoms with E-state index in [0.717, 1.165) is 5.56 Å². The van der Waals surface area contributed by atoms with Crippen molar-refractivity contribution < 1.29 is 14.7 Å². The highest BCUT2D eigenvalue weighted by molar-refractivity contribution is 5.86. The molecule has 6 N–H and O–H groups in total. The van der Waals surface area contributed by atoms with Crippen molar-refractivity contribution in [3.05, 3.63) is 66.2 Å². The molecule has 0 bridgehead atoms. The molecule has 0 unspecified atom stereocenters. The Morgan fingerprint density at radius 3 is 1.91 bits per heavy atom. The van der Waals surface area contributed by atoms with Gasteiger partial charge in [0.15, 0.2) is 0 Å². The fourth-order valence-corrected chi connectivity index (χ4v) is 1.67. The van der Waals surface area contributed by atoms with Crippen molar-refractivity contribution in [1.29, 1.82) is 0 Å². The zero-order chi connectivity index (χ0) is 17.1. The first kappa shape index (κ1) is 18.2. The standard InChI is InChI=1S/C11H15N3O3.C6H6/c12-9(11(17)14-6-10(13)16)5-7-1-3-8(15)4-2-7;1-2-4-6-5-3-1/h1-4,9,15H,5-6,12H2,(H2,13,16)(H,14,17);1-6H/t9-;/m0./s1. The van der Waals surface area contributed by atoms with Crippen LogP contribution in [-0.2, 0) is 16.0 Å². The summed E-state index contributed by atoms with van der Waals surface area (Å²) in [6.07, 6.45) is 0.324. The lowest BCUT2D eigenvalue weighted by Gasteiger charge is -2.11. The number of hydrogen-bond acceptors (Lipinski definition) is 4. The van der Waals surface area contributed by atoms with Gasteiger partial charge in [-0.25, -0.2) is 0 Å². The summed E-state index contributed by atoms with van der Waals surface area (Å²) in [5.74, 6) is -0.896. The number of hydrogen-bond donors (Lipinski definition) is 4. The van der Waals surface area contributed by atoms with Gasteiger partial charge in [-0.1, -0.05) is 48.5 Å². The van der Waals surface area contributed by atoms with Crippen molar-refractivity contribution in [2.75, 3.05) is 6.54 Å². The Hall–Kier alpha value is -2.86. The first-order valence-corrected chi connectivity index (χ1v) is 7.08. The number of nitrogens with two attached hydrogens (primary N) is 2. The fourth-order valence-electron chi connectivity index (χ4n) is 1.67. The number of carbonyl (C=O) groups is 2. The van der Waals surface area contributed by atoms with Gasteiger partial charge in [-0.05, 0) is 24.1 Å². The average Bonchev–Trinajstić information content (AvgIpc) is 2.56. The number of rotatable bonds is 5. The van der Waals surface area contributed by atoms with Crippen molar-refractivity contribution in [2.24, 2.45) is 11.5 Å². The highest BCUT2D eigenvalue weighted by atomic mass is 16.3. The molecule has 1 atom stereocenters. The van der Waals surface area contributed by atoms with Crippen molar-refractivity contribution in [3.63, 3.8) is 0 Å². The number of amides is 2. The normalized spacial score (nSPS) is 10.8. The zero-order valence-corrected chi connectivity index (χ0v) is 12.7. The van der Waals surface area contributed by atoms with Crippen LogP contribution < -0.4 is 16.8 Å². The van der Waals surface area contributed by atoms with Crippen LogP contribution in [0.1, 0.15) is 5.56 Å². The van der Waals surface area contributed by atoms with Crippen LogP contribution in [0.4, 0.5) is 0 Å². The summed E-state index contributed by atoms with van der Waals surface area (Å²) in [7, 11) is 0. The average molecular weight is 315 g/mol. The van der Waals surface area contributed by atoms with E-state index in [9.17, 15) is 9.59 Å². The van der Waals surface area contributed by atoms with Crippen LogP contribution in [0.3, 0.4) is 0 Å². The molecule has 0 saturated carbocycles. The van der Waals surface area contributed by atoms with Crippen LogP contribution in [-0.4, -0.2) is 29.5 Å². The molecule has 2 rings (SSSR count). The maximum atomic E-state index is 11.4. The third-order valence-corrected chi connectivity index (χ3v) is 2.83. The van der Waals surface area contributed by atoms with Gasteiger partial charge in [0.25, 0.3) is 0 Å². The number of primary amides is 1. The highest BCUT2D eigenvalue weighted by Crippen LogP contribution is 2.10. The lowest BCUT2D eigenvalue weighted by molar-refractivity contribution is -0.125. The molecule has 2 aromatic carbocycles. The van der Waals surface area contributed by atoms with Gasteiger partial charge in [0.1, 0.15) is 5.75 Å². The summed E-state index contributed by atoms with van der Waals surface area (Å²) in [4.78, 5) is 21.9. The highest BCUT2D eigenvalue weighted by Gasteiger charge is 2.14. The Bertz CT molecular complexity index is 574. The molecular formula is C17H21N3O3. The minimum atomic E-state index is -0.751. The van der Waals surface area contributed by atoms with E-state index in [1.807, 2.05) is 36.4 Å². The molecular weight excluding hydrogens is 294 g/mol. The Morgan fingerprint density at radius 2 is 1.48 bits per heavy atom.